The summed E-state index contributed by atoms with van der Waals surface area (Å²) in [5, 5.41) is 3.35. The average Bonchev–Trinajstić information content (AvgIpc) is 2.33. The Morgan fingerprint density at radius 3 is 2.69 bits per heavy atom. The van der Waals surface area contributed by atoms with Crippen molar-refractivity contribution in [3.05, 3.63) is 10.8 Å². The minimum Gasteiger partial charge on any atom is -0.381 e. The summed E-state index contributed by atoms with van der Waals surface area (Å²) in [5.74, 6) is 6.67. The molecule has 0 amide bonds. The molecule has 88 valence electrons. The molecular weight excluding hydrogens is 274 g/mol. The van der Waals surface area contributed by atoms with Gasteiger partial charge in [0.25, 0.3) is 0 Å². The lowest BCUT2D eigenvalue weighted by atomic mass is 10.1. The quantitative estimate of drug-likeness (QED) is 0.571. The molecule has 0 unspecified atom stereocenters. The van der Waals surface area contributed by atoms with Crippen LogP contribution in [0.3, 0.4) is 0 Å². The van der Waals surface area contributed by atoms with Crippen LogP contribution in [0, 0.1) is 0 Å². The first-order valence-corrected chi connectivity index (χ1v) is 5.92. The number of hydrogen-bond donors (Lipinski definition) is 3. The first-order chi connectivity index (χ1) is 7.81. The smallest absolute Gasteiger partial charge is 0.159 e. The Balaban J connectivity index is 2.08. The Labute approximate surface area is 102 Å². The number of hydrazine groups is 1. The van der Waals surface area contributed by atoms with Crippen LogP contribution in [0.1, 0.15) is 12.8 Å². The van der Waals surface area contributed by atoms with Crippen molar-refractivity contribution in [1.29, 1.82) is 0 Å². The number of halogens is 1. The van der Waals surface area contributed by atoms with Crippen molar-refractivity contribution in [1.82, 2.24) is 9.97 Å². The Hall–Kier alpha value is -0.920. The molecule has 1 aromatic heterocycles. The number of nitrogens with one attached hydrogen (secondary N) is 2. The van der Waals surface area contributed by atoms with E-state index in [0.29, 0.717) is 11.9 Å². The highest BCUT2D eigenvalue weighted by Crippen LogP contribution is 2.27. The predicted octanol–water partition coefficient (Wildman–Crippen LogP) is 1.12. The van der Waals surface area contributed by atoms with Crippen LogP contribution in [0.15, 0.2) is 10.8 Å². The van der Waals surface area contributed by atoms with Crippen LogP contribution in [0.25, 0.3) is 0 Å². The zero-order chi connectivity index (χ0) is 11.4. The normalized spacial score (nSPS) is 17.1. The Morgan fingerprint density at radius 2 is 2.00 bits per heavy atom. The van der Waals surface area contributed by atoms with Gasteiger partial charge in [-0.25, -0.2) is 15.8 Å². The molecule has 0 aliphatic carbocycles. The van der Waals surface area contributed by atoms with Crippen LogP contribution in [0.5, 0.6) is 0 Å². The molecule has 16 heavy (non-hydrogen) atoms. The van der Waals surface area contributed by atoms with Gasteiger partial charge in [0.05, 0.1) is 0 Å². The summed E-state index contributed by atoms with van der Waals surface area (Å²) in [6, 6.07) is 0.394. The largest absolute Gasteiger partial charge is 0.381 e. The number of ether oxygens (including phenoxy) is 1. The van der Waals surface area contributed by atoms with Crippen LogP contribution in [0.4, 0.5) is 11.6 Å². The molecule has 0 saturated carbocycles. The molecule has 1 aromatic rings. The second-order valence-electron chi connectivity index (χ2n) is 3.56. The van der Waals surface area contributed by atoms with Gasteiger partial charge in [0.15, 0.2) is 5.82 Å². The molecule has 7 heteroatoms. The van der Waals surface area contributed by atoms with Gasteiger partial charge in [-0.2, -0.15) is 0 Å². The van der Waals surface area contributed by atoms with Crippen LogP contribution < -0.4 is 16.6 Å². The van der Waals surface area contributed by atoms with E-state index in [0.717, 1.165) is 36.3 Å². The fraction of sp³-hybridized carbons (Fsp3) is 0.556. The molecule has 1 aliphatic rings. The molecule has 0 atom stereocenters. The van der Waals surface area contributed by atoms with Crippen molar-refractivity contribution in [3.8, 4) is 0 Å². The van der Waals surface area contributed by atoms with E-state index in [-0.39, 0.29) is 0 Å². The average molecular weight is 288 g/mol. The van der Waals surface area contributed by atoms with E-state index >= 15 is 0 Å². The maximum Gasteiger partial charge on any atom is 0.159 e. The minimum atomic E-state index is 0.394. The van der Waals surface area contributed by atoms with E-state index in [2.05, 4.69) is 36.6 Å². The molecule has 0 spiro atoms. The molecule has 1 fully saturated rings. The van der Waals surface area contributed by atoms with Gasteiger partial charge < -0.3 is 15.5 Å². The maximum atomic E-state index is 5.33. The molecule has 0 radical (unpaired) electrons. The lowest BCUT2D eigenvalue weighted by Gasteiger charge is -2.24. The van der Waals surface area contributed by atoms with Crippen molar-refractivity contribution >= 4 is 27.6 Å². The summed E-state index contributed by atoms with van der Waals surface area (Å²) in [7, 11) is 0. The van der Waals surface area contributed by atoms with E-state index in [1.54, 1.807) is 0 Å². The van der Waals surface area contributed by atoms with E-state index in [4.69, 9.17) is 10.6 Å². The van der Waals surface area contributed by atoms with Crippen molar-refractivity contribution in [2.75, 3.05) is 24.0 Å². The zero-order valence-electron chi connectivity index (χ0n) is 8.74. The summed E-state index contributed by atoms with van der Waals surface area (Å²) in [5.41, 5.74) is 2.51. The molecule has 1 aliphatic heterocycles. The zero-order valence-corrected chi connectivity index (χ0v) is 10.3. The highest BCUT2D eigenvalue weighted by atomic mass is 79.9. The summed E-state index contributed by atoms with van der Waals surface area (Å²) in [4.78, 5) is 8.17. The number of nitrogens with zero attached hydrogens (tertiary/aromatic N) is 2. The molecular formula is C9H14BrN5O. The van der Waals surface area contributed by atoms with Gasteiger partial charge in [-0.3, -0.25) is 0 Å². The predicted molar refractivity (Wildman–Crippen MR) is 65.0 cm³/mol. The summed E-state index contributed by atoms with van der Waals surface area (Å²) in [6.07, 6.45) is 3.45. The number of hydrogen-bond acceptors (Lipinski definition) is 6. The van der Waals surface area contributed by atoms with Crippen LogP contribution in [-0.2, 0) is 4.74 Å². The Morgan fingerprint density at radius 1 is 1.31 bits per heavy atom. The third-order valence-electron chi connectivity index (χ3n) is 2.49. The molecule has 6 nitrogen and oxygen atoms in total. The molecule has 0 aromatic carbocycles. The number of rotatable bonds is 3. The molecule has 2 heterocycles. The fourth-order valence-corrected chi connectivity index (χ4v) is 2.04. The Bertz CT molecular complexity index is 356. The van der Waals surface area contributed by atoms with Gasteiger partial charge in [0.2, 0.25) is 0 Å². The standard InChI is InChI=1S/C9H14BrN5O/c10-7-8(12-5-13-9(7)15-11)14-6-1-3-16-4-2-6/h5-6H,1-4,11H2,(H2,12,13,14,15). The first-order valence-electron chi connectivity index (χ1n) is 5.12. The van der Waals surface area contributed by atoms with Gasteiger partial charge in [0, 0.05) is 19.3 Å². The summed E-state index contributed by atoms with van der Waals surface area (Å²) < 4.78 is 6.05. The third-order valence-corrected chi connectivity index (χ3v) is 3.24. The van der Waals surface area contributed by atoms with E-state index < -0.39 is 0 Å². The van der Waals surface area contributed by atoms with Crippen LogP contribution in [-0.4, -0.2) is 29.2 Å². The fourth-order valence-electron chi connectivity index (χ4n) is 1.61. The molecule has 4 N–H and O–H groups in total. The monoisotopic (exact) mass is 287 g/mol. The Kier molecular flexibility index (Phi) is 3.92. The van der Waals surface area contributed by atoms with Crippen LogP contribution in [0.2, 0.25) is 0 Å². The van der Waals surface area contributed by atoms with E-state index in [9.17, 15) is 0 Å². The van der Waals surface area contributed by atoms with Gasteiger partial charge >= 0.3 is 0 Å². The van der Waals surface area contributed by atoms with Gasteiger partial charge in [-0.15, -0.1) is 0 Å². The van der Waals surface area contributed by atoms with Crippen molar-refractivity contribution in [2.24, 2.45) is 5.84 Å². The van der Waals surface area contributed by atoms with E-state index in [1.165, 1.54) is 6.33 Å². The summed E-state index contributed by atoms with van der Waals surface area (Å²) in [6.45, 7) is 1.59. The maximum absolute atomic E-state index is 5.33. The highest BCUT2D eigenvalue weighted by molar-refractivity contribution is 9.10. The summed E-state index contributed by atoms with van der Waals surface area (Å²) >= 11 is 3.41. The molecule has 1 saturated heterocycles. The lowest BCUT2D eigenvalue weighted by molar-refractivity contribution is 0.0904. The second-order valence-corrected chi connectivity index (χ2v) is 4.35. The number of nitrogen functional groups attached to an aromatic ring is 1. The number of anilines is 2. The molecule has 2 rings (SSSR count). The lowest BCUT2D eigenvalue weighted by Crippen LogP contribution is -2.28. The van der Waals surface area contributed by atoms with Crippen molar-refractivity contribution in [3.63, 3.8) is 0 Å². The minimum absolute atomic E-state index is 0.394. The highest BCUT2D eigenvalue weighted by Gasteiger charge is 2.16. The van der Waals surface area contributed by atoms with Gasteiger partial charge in [-0.05, 0) is 28.8 Å². The van der Waals surface area contributed by atoms with Gasteiger partial charge in [-0.1, -0.05) is 0 Å². The second kappa shape index (κ2) is 5.42. The SMILES string of the molecule is NNc1ncnc(NC2CCOCC2)c1Br. The molecule has 0 bridgehead atoms. The topological polar surface area (TPSA) is 85.1 Å². The number of nitrogens with two attached hydrogens (primary N) is 1. The van der Waals surface area contributed by atoms with Crippen LogP contribution >= 0.6 is 15.9 Å². The van der Waals surface area contributed by atoms with E-state index in [1.807, 2.05) is 0 Å². The third kappa shape index (κ3) is 2.60. The number of aromatic nitrogens is 2. The van der Waals surface area contributed by atoms with Gasteiger partial charge in [0.1, 0.15) is 16.6 Å². The van der Waals surface area contributed by atoms with Crippen molar-refractivity contribution in [2.45, 2.75) is 18.9 Å². The van der Waals surface area contributed by atoms with Crippen molar-refractivity contribution < 1.29 is 4.74 Å². The first kappa shape index (κ1) is 11.6.